The van der Waals surface area contributed by atoms with Crippen LogP contribution in [0.4, 0.5) is 5.69 Å². The maximum atomic E-state index is 5.34. The second-order valence-electron chi connectivity index (χ2n) is 4.94. The van der Waals surface area contributed by atoms with Crippen molar-refractivity contribution < 1.29 is 4.74 Å². The molecule has 0 bridgehead atoms. The highest BCUT2D eigenvalue weighted by Gasteiger charge is 2.05. The number of rotatable bonds is 7. The molecule has 0 radical (unpaired) electrons. The van der Waals surface area contributed by atoms with Crippen molar-refractivity contribution in [2.24, 2.45) is 0 Å². The molecule has 4 nitrogen and oxygen atoms in total. The molecule has 0 amide bonds. The molecule has 0 spiro atoms. The lowest BCUT2D eigenvalue weighted by molar-refractivity contribution is 0.415. The minimum atomic E-state index is 0.553. The average Bonchev–Trinajstić information content (AvgIpc) is 2.50. The van der Waals surface area contributed by atoms with Gasteiger partial charge in [-0.3, -0.25) is 4.98 Å². The number of nitrogens with zero attached hydrogens (tertiary/aromatic N) is 1. The Hall–Kier alpha value is -1.81. The molecule has 0 aliphatic carbocycles. The number of benzene rings is 1. The van der Waals surface area contributed by atoms with Crippen LogP contribution in [0, 0.1) is 0 Å². The van der Waals surface area contributed by atoms with E-state index in [1.807, 2.05) is 30.5 Å². The zero-order valence-corrected chi connectivity index (χ0v) is 12.4. The van der Waals surface area contributed by atoms with Crippen LogP contribution in [-0.2, 0) is 0 Å². The fraction of sp³-hybridized carbons (Fsp3) is 0.438. The minimum Gasteiger partial charge on any atom is -0.497 e. The summed E-state index contributed by atoms with van der Waals surface area (Å²) >= 11 is 0. The molecular weight excluding hydrogens is 250 g/mol. The van der Waals surface area contributed by atoms with Crippen LogP contribution in [-0.4, -0.2) is 31.2 Å². The van der Waals surface area contributed by atoms with E-state index < -0.39 is 0 Å². The van der Waals surface area contributed by atoms with E-state index >= 15 is 0 Å². The van der Waals surface area contributed by atoms with Gasteiger partial charge in [-0.1, -0.05) is 13.0 Å². The Labute approximate surface area is 120 Å². The predicted molar refractivity (Wildman–Crippen MR) is 84.5 cm³/mol. The number of methoxy groups -OCH3 is 1. The van der Waals surface area contributed by atoms with E-state index in [9.17, 15) is 0 Å². The van der Waals surface area contributed by atoms with Gasteiger partial charge in [-0.2, -0.15) is 0 Å². The van der Waals surface area contributed by atoms with Crippen molar-refractivity contribution in [1.29, 1.82) is 0 Å². The molecule has 0 unspecified atom stereocenters. The molecule has 0 saturated heterocycles. The summed E-state index contributed by atoms with van der Waals surface area (Å²) in [5.74, 6) is 0.850. The third-order valence-corrected chi connectivity index (χ3v) is 3.46. The third kappa shape index (κ3) is 3.61. The van der Waals surface area contributed by atoms with Gasteiger partial charge in [0, 0.05) is 36.8 Å². The Morgan fingerprint density at radius 2 is 2.15 bits per heavy atom. The number of ether oxygens (including phenoxy) is 1. The molecule has 1 atom stereocenters. The van der Waals surface area contributed by atoms with E-state index in [1.165, 1.54) is 0 Å². The Balaban J connectivity index is 2.08. The topological polar surface area (TPSA) is 46.2 Å². The number of anilines is 1. The van der Waals surface area contributed by atoms with Crippen molar-refractivity contribution in [3.63, 3.8) is 0 Å². The molecule has 4 heteroatoms. The third-order valence-electron chi connectivity index (χ3n) is 3.46. The molecule has 0 saturated carbocycles. The van der Waals surface area contributed by atoms with Gasteiger partial charge < -0.3 is 15.4 Å². The lowest BCUT2D eigenvalue weighted by Gasteiger charge is -2.14. The van der Waals surface area contributed by atoms with Crippen LogP contribution in [0.25, 0.3) is 10.9 Å². The highest BCUT2D eigenvalue weighted by Crippen LogP contribution is 2.27. The highest BCUT2D eigenvalue weighted by molar-refractivity contribution is 5.91. The fourth-order valence-corrected chi connectivity index (χ4v) is 2.08. The maximum absolute atomic E-state index is 5.34. The van der Waals surface area contributed by atoms with Crippen molar-refractivity contribution >= 4 is 16.6 Å². The van der Waals surface area contributed by atoms with Gasteiger partial charge in [-0.05, 0) is 25.5 Å². The Morgan fingerprint density at radius 1 is 1.30 bits per heavy atom. The Kier molecular flexibility index (Phi) is 5.18. The van der Waals surface area contributed by atoms with Crippen molar-refractivity contribution in [3.05, 3.63) is 30.5 Å². The van der Waals surface area contributed by atoms with Crippen LogP contribution in [0.2, 0.25) is 0 Å². The van der Waals surface area contributed by atoms with Crippen LogP contribution in [0.5, 0.6) is 5.75 Å². The number of hydrogen-bond acceptors (Lipinski definition) is 4. The molecular formula is C16H23N3O. The summed E-state index contributed by atoms with van der Waals surface area (Å²) in [6.45, 7) is 6.18. The summed E-state index contributed by atoms with van der Waals surface area (Å²) in [7, 11) is 1.69. The second-order valence-corrected chi connectivity index (χ2v) is 4.94. The van der Waals surface area contributed by atoms with E-state index in [1.54, 1.807) is 7.11 Å². The van der Waals surface area contributed by atoms with Crippen molar-refractivity contribution in [1.82, 2.24) is 10.3 Å². The van der Waals surface area contributed by atoms with Crippen LogP contribution >= 0.6 is 0 Å². The van der Waals surface area contributed by atoms with Crippen LogP contribution in [0.3, 0.4) is 0 Å². The highest BCUT2D eigenvalue weighted by atomic mass is 16.5. The first-order chi connectivity index (χ1) is 9.74. The van der Waals surface area contributed by atoms with Gasteiger partial charge in [0.1, 0.15) is 5.75 Å². The first-order valence-corrected chi connectivity index (χ1v) is 7.14. The molecule has 0 aliphatic heterocycles. The largest absolute Gasteiger partial charge is 0.497 e. The summed E-state index contributed by atoms with van der Waals surface area (Å²) in [6.07, 6.45) is 2.96. The summed E-state index contributed by atoms with van der Waals surface area (Å²) in [5, 5.41) is 7.99. The average molecular weight is 273 g/mol. The minimum absolute atomic E-state index is 0.553. The van der Waals surface area contributed by atoms with E-state index in [0.29, 0.717) is 6.04 Å². The number of pyridine rings is 1. The van der Waals surface area contributed by atoms with Gasteiger partial charge in [-0.15, -0.1) is 0 Å². The standard InChI is InChI=1S/C16H23N3O/c1-4-12(2)17-8-9-18-15-11-14(20-3)10-13-6-5-7-19-16(13)15/h5-7,10-12,17-18H,4,8-9H2,1-3H3/t12-/m1/s1. The van der Waals surface area contributed by atoms with Crippen LogP contribution in [0.15, 0.2) is 30.5 Å². The molecule has 0 fully saturated rings. The second kappa shape index (κ2) is 7.10. The molecule has 108 valence electrons. The quantitative estimate of drug-likeness (QED) is 0.761. The molecule has 2 aromatic rings. The summed E-state index contributed by atoms with van der Waals surface area (Å²) in [5.41, 5.74) is 2.00. The lowest BCUT2D eigenvalue weighted by Crippen LogP contribution is -2.30. The number of fused-ring (bicyclic) bond motifs is 1. The van der Waals surface area contributed by atoms with Gasteiger partial charge in [-0.25, -0.2) is 0 Å². The SMILES string of the molecule is CC[C@@H](C)NCCNc1cc(OC)cc2cccnc12. The van der Waals surface area contributed by atoms with Crippen LogP contribution < -0.4 is 15.4 Å². The van der Waals surface area contributed by atoms with Crippen molar-refractivity contribution in [2.45, 2.75) is 26.3 Å². The smallest absolute Gasteiger partial charge is 0.121 e. The molecule has 1 aromatic carbocycles. The summed E-state index contributed by atoms with van der Waals surface area (Å²) < 4.78 is 5.34. The first kappa shape index (κ1) is 14.6. The molecule has 0 aliphatic rings. The van der Waals surface area contributed by atoms with Gasteiger partial charge in [0.2, 0.25) is 0 Å². The van der Waals surface area contributed by atoms with Crippen molar-refractivity contribution in [3.8, 4) is 5.75 Å². The first-order valence-electron chi connectivity index (χ1n) is 7.14. The Morgan fingerprint density at radius 3 is 2.90 bits per heavy atom. The summed E-state index contributed by atoms with van der Waals surface area (Å²) in [6, 6.07) is 8.55. The molecule has 1 aromatic heterocycles. The number of hydrogen-bond donors (Lipinski definition) is 2. The van der Waals surface area contributed by atoms with Gasteiger partial charge >= 0.3 is 0 Å². The fourth-order valence-electron chi connectivity index (χ4n) is 2.08. The zero-order valence-electron chi connectivity index (χ0n) is 12.4. The normalized spacial score (nSPS) is 12.3. The number of aromatic nitrogens is 1. The lowest BCUT2D eigenvalue weighted by atomic mass is 10.1. The number of nitrogens with one attached hydrogen (secondary N) is 2. The van der Waals surface area contributed by atoms with E-state index in [-0.39, 0.29) is 0 Å². The molecule has 20 heavy (non-hydrogen) atoms. The summed E-state index contributed by atoms with van der Waals surface area (Å²) in [4.78, 5) is 4.45. The maximum Gasteiger partial charge on any atom is 0.121 e. The van der Waals surface area contributed by atoms with Crippen LogP contribution in [0.1, 0.15) is 20.3 Å². The predicted octanol–water partition coefficient (Wildman–Crippen LogP) is 3.04. The van der Waals surface area contributed by atoms with Crippen molar-refractivity contribution in [2.75, 3.05) is 25.5 Å². The Bertz CT molecular complexity index is 556. The van der Waals surface area contributed by atoms with E-state index in [4.69, 9.17) is 4.74 Å². The molecule has 2 N–H and O–H groups in total. The zero-order chi connectivity index (χ0) is 14.4. The van der Waals surface area contributed by atoms with E-state index in [0.717, 1.165) is 41.9 Å². The monoisotopic (exact) mass is 273 g/mol. The molecule has 1 heterocycles. The van der Waals surface area contributed by atoms with Gasteiger partial charge in [0.15, 0.2) is 0 Å². The van der Waals surface area contributed by atoms with Gasteiger partial charge in [0.25, 0.3) is 0 Å². The molecule has 2 rings (SSSR count). The van der Waals surface area contributed by atoms with E-state index in [2.05, 4.69) is 29.5 Å². The van der Waals surface area contributed by atoms with Gasteiger partial charge in [0.05, 0.1) is 18.3 Å².